The van der Waals surface area contributed by atoms with E-state index in [1.54, 1.807) is 6.07 Å². The van der Waals surface area contributed by atoms with Crippen LogP contribution in [-0.2, 0) is 0 Å². The molecule has 0 aliphatic heterocycles. The van der Waals surface area contributed by atoms with Gasteiger partial charge in [0.25, 0.3) is 5.91 Å². The first-order valence-electron chi connectivity index (χ1n) is 7.88. The quantitative estimate of drug-likeness (QED) is 0.415. The zero-order chi connectivity index (χ0) is 21.3. The molecular weight excluding hydrogens is 464 g/mol. The summed E-state index contributed by atoms with van der Waals surface area (Å²) < 4.78 is 18.6. The van der Waals surface area contributed by atoms with Gasteiger partial charge in [-0.05, 0) is 23.8 Å². The maximum atomic E-state index is 13.5. The summed E-state index contributed by atoms with van der Waals surface area (Å²) in [5.74, 6) is -2.38. The highest BCUT2D eigenvalue weighted by Gasteiger charge is 2.24. The Bertz CT molecular complexity index is 1130. The molecule has 10 heteroatoms. The first kappa shape index (κ1) is 21.4. The summed E-state index contributed by atoms with van der Waals surface area (Å²) in [6.07, 6.45) is 0. The lowest BCUT2D eigenvalue weighted by Gasteiger charge is -2.12. The fraction of sp³-hybridized carbons (Fsp3) is 0.0526. The Hall–Kier alpha value is -2.32. The molecule has 1 aromatic heterocycles. The molecule has 0 radical (unpaired) electrons. The number of rotatable bonds is 5. The molecule has 2 N–H and O–H groups in total. The fourth-order valence-corrected chi connectivity index (χ4v) is 4.42. The van der Waals surface area contributed by atoms with Crippen molar-refractivity contribution in [3.63, 3.8) is 0 Å². The summed E-state index contributed by atoms with van der Waals surface area (Å²) in [5, 5.41) is 13.6. The molecule has 3 aromatic rings. The maximum absolute atomic E-state index is 13.5. The van der Waals surface area contributed by atoms with Gasteiger partial charge in [0.05, 0.1) is 22.7 Å². The van der Waals surface area contributed by atoms with Crippen LogP contribution in [0.3, 0.4) is 0 Å². The van der Waals surface area contributed by atoms with Crippen LogP contribution in [0.2, 0.25) is 15.1 Å². The molecule has 0 fully saturated rings. The number of carbonyl (C=O) groups excluding carboxylic acids is 1. The molecule has 2 aromatic carbocycles. The number of hydrogen-bond donors (Lipinski definition) is 2. The van der Waals surface area contributed by atoms with Crippen molar-refractivity contribution in [2.45, 2.75) is 0 Å². The van der Waals surface area contributed by atoms with Crippen LogP contribution < -0.4 is 10.1 Å². The van der Waals surface area contributed by atoms with Crippen molar-refractivity contribution in [3.8, 4) is 16.9 Å². The number of thiophene rings is 1. The summed E-state index contributed by atoms with van der Waals surface area (Å²) >= 11 is 19.3. The number of ether oxygens (including phenoxy) is 1. The van der Waals surface area contributed by atoms with Crippen molar-refractivity contribution in [1.29, 1.82) is 0 Å². The Kier molecular flexibility index (Phi) is 6.33. The molecule has 0 saturated heterocycles. The Labute approximate surface area is 183 Å². The van der Waals surface area contributed by atoms with Gasteiger partial charge in [-0.1, -0.05) is 46.9 Å². The topological polar surface area (TPSA) is 75.6 Å². The summed E-state index contributed by atoms with van der Waals surface area (Å²) in [4.78, 5) is 24.5. The van der Waals surface area contributed by atoms with Crippen LogP contribution in [-0.4, -0.2) is 24.1 Å². The van der Waals surface area contributed by atoms with E-state index in [0.717, 1.165) is 11.3 Å². The first-order valence-corrected chi connectivity index (χ1v) is 9.89. The lowest BCUT2D eigenvalue weighted by molar-refractivity contribution is 0.0699. The summed E-state index contributed by atoms with van der Waals surface area (Å²) in [7, 11) is 1.35. The van der Waals surface area contributed by atoms with Crippen LogP contribution >= 0.6 is 46.1 Å². The second-order valence-corrected chi connectivity index (χ2v) is 7.73. The monoisotopic (exact) mass is 473 g/mol. The van der Waals surface area contributed by atoms with Crippen molar-refractivity contribution < 1.29 is 23.8 Å². The van der Waals surface area contributed by atoms with Crippen LogP contribution in [0.4, 0.5) is 9.39 Å². The average molecular weight is 475 g/mol. The average Bonchev–Trinajstić information content (AvgIpc) is 3.09. The van der Waals surface area contributed by atoms with E-state index < -0.39 is 17.7 Å². The van der Waals surface area contributed by atoms with Gasteiger partial charge in [0.1, 0.15) is 21.4 Å². The van der Waals surface area contributed by atoms with Crippen molar-refractivity contribution in [3.05, 3.63) is 67.7 Å². The number of anilines is 1. The number of aromatic carboxylic acids is 1. The van der Waals surface area contributed by atoms with Gasteiger partial charge in [-0.25, -0.2) is 9.18 Å². The predicted molar refractivity (Wildman–Crippen MR) is 113 cm³/mol. The molecule has 0 atom stereocenters. The van der Waals surface area contributed by atoms with E-state index in [1.165, 1.54) is 36.8 Å². The van der Waals surface area contributed by atoms with E-state index >= 15 is 0 Å². The van der Waals surface area contributed by atoms with Gasteiger partial charge in [0.15, 0.2) is 5.75 Å². The van der Waals surface area contributed by atoms with E-state index in [-0.39, 0.29) is 42.5 Å². The van der Waals surface area contributed by atoms with Gasteiger partial charge in [-0.3, -0.25) is 4.79 Å². The maximum Gasteiger partial charge on any atom is 0.339 e. The molecule has 1 heterocycles. The van der Waals surface area contributed by atoms with Crippen LogP contribution in [0.1, 0.15) is 20.7 Å². The third-order valence-electron chi connectivity index (χ3n) is 3.93. The van der Waals surface area contributed by atoms with Crippen molar-refractivity contribution >= 4 is 63.0 Å². The van der Waals surface area contributed by atoms with Crippen molar-refractivity contribution in [1.82, 2.24) is 0 Å². The molecule has 0 bridgehead atoms. The summed E-state index contributed by atoms with van der Waals surface area (Å²) in [6, 6.07) is 6.76. The number of amides is 1. The number of nitrogens with one attached hydrogen (secondary N) is 1. The van der Waals surface area contributed by atoms with Crippen LogP contribution in [0, 0.1) is 5.82 Å². The second kappa shape index (κ2) is 8.59. The van der Waals surface area contributed by atoms with E-state index in [2.05, 4.69) is 5.32 Å². The highest BCUT2D eigenvalue weighted by Crippen LogP contribution is 2.41. The molecule has 0 spiro atoms. The van der Waals surface area contributed by atoms with Gasteiger partial charge < -0.3 is 15.2 Å². The molecule has 0 saturated carbocycles. The van der Waals surface area contributed by atoms with Gasteiger partial charge >= 0.3 is 5.97 Å². The minimum absolute atomic E-state index is 0.0445. The van der Waals surface area contributed by atoms with Crippen molar-refractivity contribution in [2.24, 2.45) is 0 Å². The van der Waals surface area contributed by atoms with Gasteiger partial charge in [-0.2, -0.15) is 0 Å². The van der Waals surface area contributed by atoms with Gasteiger partial charge in [-0.15, -0.1) is 11.3 Å². The third kappa shape index (κ3) is 4.18. The molecular formula is C19H11Cl3FNO4S. The predicted octanol–water partition coefficient (Wildman–Crippen LogP) is 6.47. The number of carboxylic acids is 1. The zero-order valence-electron chi connectivity index (χ0n) is 14.6. The minimum Gasteiger partial charge on any atom is -0.494 e. The van der Waals surface area contributed by atoms with Gasteiger partial charge in [0, 0.05) is 10.9 Å². The number of halogens is 4. The highest BCUT2D eigenvalue weighted by atomic mass is 35.5. The molecule has 150 valence electrons. The Balaban J connectivity index is 2.01. The normalized spacial score (nSPS) is 10.7. The third-order valence-corrected chi connectivity index (χ3v) is 5.96. The van der Waals surface area contributed by atoms with E-state index in [9.17, 15) is 19.1 Å². The number of hydrogen-bond acceptors (Lipinski definition) is 4. The van der Waals surface area contributed by atoms with E-state index in [0.29, 0.717) is 5.56 Å². The second-order valence-electron chi connectivity index (χ2n) is 5.69. The lowest BCUT2D eigenvalue weighted by Crippen LogP contribution is -2.14. The van der Waals surface area contributed by atoms with E-state index in [4.69, 9.17) is 39.5 Å². The molecule has 0 aliphatic rings. The largest absolute Gasteiger partial charge is 0.494 e. The number of benzene rings is 2. The molecule has 1 amide bonds. The first-order chi connectivity index (χ1) is 13.7. The molecule has 5 nitrogen and oxygen atoms in total. The van der Waals surface area contributed by atoms with Crippen LogP contribution in [0.5, 0.6) is 5.75 Å². The van der Waals surface area contributed by atoms with Crippen molar-refractivity contribution in [2.75, 3.05) is 12.4 Å². The molecule has 29 heavy (non-hydrogen) atoms. The Morgan fingerprint density at radius 2 is 1.90 bits per heavy atom. The highest BCUT2D eigenvalue weighted by molar-refractivity contribution is 7.15. The number of carboxylic acid groups (broad SMARTS) is 1. The molecule has 3 rings (SSSR count). The van der Waals surface area contributed by atoms with Crippen LogP contribution in [0.25, 0.3) is 11.1 Å². The lowest BCUT2D eigenvalue weighted by atomic mass is 10.0. The zero-order valence-corrected chi connectivity index (χ0v) is 17.6. The smallest absolute Gasteiger partial charge is 0.339 e. The standard InChI is InChI=1S/C19H11Cl3FNO4S/c1-28-16-12(20)6-10(14(21)15(16)22)17(25)24-18-13(19(26)27)11(7-29-18)8-3-2-4-9(23)5-8/h2-7H,1H3,(H,24,25)(H,26,27). The summed E-state index contributed by atoms with van der Waals surface area (Å²) in [6.45, 7) is 0. The minimum atomic E-state index is -1.28. The summed E-state index contributed by atoms with van der Waals surface area (Å²) in [5.41, 5.74) is 0.414. The number of carbonyl (C=O) groups is 2. The van der Waals surface area contributed by atoms with E-state index in [1.807, 2.05) is 0 Å². The number of methoxy groups -OCH3 is 1. The Morgan fingerprint density at radius 1 is 1.17 bits per heavy atom. The SMILES string of the molecule is COc1c(Cl)cc(C(=O)Nc2scc(-c3cccc(F)c3)c2C(=O)O)c(Cl)c1Cl. The Morgan fingerprint density at radius 3 is 2.52 bits per heavy atom. The fourth-order valence-electron chi connectivity index (χ4n) is 2.63. The molecule has 0 unspecified atom stereocenters. The van der Waals surface area contributed by atoms with Crippen LogP contribution in [0.15, 0.2) is 35.7 Å². The molecule has 0 aliphatic carbocycles. The van der Waals surface area contributed by atoms with Gasteiger partial charge in [0.2, 0.25) is 0 Å².